The van der Waals surface area contributed by atoms with Gasteiger partial charge in [-0.05, 0) is 37.1 Å². The molecule has 110 valence electrons. The van der Waals surface area contributed by atoms with Gasteiger partial charge in [0.25, 0.3) is 5.91 Å². The number of rotatable bonds is 3. The van der Waals surface area contributed by atoms with E-state index in [4.69, 9.17) is 4.74 Å². The van der Waals surface area contributed by atoms with Crippen molar-refractivity contribution in [2.75, 3.05) is 13.2 Å². The van der Waals surface area contributed by atoms with Crippen LogP contribution in [0.5, 0.6) is 0 Å². The molecule has 1 aromatic carbocycles. The second-order valence-corrected chi connectivity index (χ2v) is 5.04. The minimum atomic E-state index is -0.304. The average molecular weight is 289 g/mol. The molecule has 5 nitrogen and oxygen atoms in total. The Morgan fingerprint density at radius 2 is 2.19 bits per heavy atom. The maximum absolute atomic E-state index is 12.9. The van der Waals surface area contributed by atoms with Crippen LogP contribution in [-0.4, -0.2) is 34.9 Å². The Labute approximate surface area is 121 Å². The number of benzene rings is 1. The largest absolute Gasteiger partial charge is 0.379 e. The van der Waals surface area contributed by atoms with Crippen molar-refractivity contribution in [1.82, 2.24) is 15.1 Å². The fraction of sp³-hybridized carbons (Fsp3) is 0.333. The molecule has 0 radical (unpaired) electrons. The van der Waals surface area contributed by atoms with Crippen LogP contribution in [0.3, 0.4) is 0 Å². The first-order valence-corrected chi connectivity index (χ1v) is 6.91. The molecule has 0 aliphatic carbocycles. The molecule has 1 amide bonds. The number of hydrogen-bond acceptors (Lipinski definition) is 3. The van der Waals surface area contributed by atoms with E-state index in [1.54, 1.807) is 23.0 Å². The molecule has 6 heteroatoms. The minimum Gasteiger partial charge on any atom is -0.379 e. The summed E-state index contributed by atoms with van der Waals surface area (Å²) in [6, 6.07) is 5.99. The SMILES string of the molecule is O=C(NC1CCCOC1)c1cnn(-c2ccc(F)cc2)c1. The first-order chi connectivity index (χ1) is 10.2. The third-order valence-electron chi connectivity index (χ3n) is 3.43. The van der Waals surface area contributed by atoms with Gasteiger partial charge in [-0.15, -0.1) is 0 Å². The number of carbonyl (C=O) groups excluding carboxylic acids is 1. The number of aromatic nitrogens is 2. The Balaban J connectivity index is 1.69. The monoisotopic (exact) mass is 289 g/mol. The molecule has 3 rings (SSSR count). The molecule has 1 fully saturated rings. The van der Waals surface area contributed by atoms with Crippen molar-refractivity contribution >= 4 is 5.91 Å². The minimum absolute atomic E-state index is 0.0559. The number of ether oxygens (including phenoxy) is 1. The summed E-state index contributed by atoms with van der Waals surface area (Å²) in [5.74, 6) is -0.472. The van der Waals surface area contributed by atoms with E-state index in [-0.39, 0.29) is 17.8 Å². The van der Waals surface area contributed by atoms with Crippen LogP contribution in [0.1, 0.15) is 23.2 Å². The predicted molar refractivity (Wildman–Crippen MR) is 74.8 cm³/mol. The summed E-state index contributed by atoms with van der Waals surface area (Å²) in [4.78, 5) is 12.1. The van der Waals surface area contributed by atoms with Gasteiger partial charge in [-0.25, -0.2) is 9.07 Å². The van der Waals surface area contributed by atoms with Crippen LogP contribution >= 0.6 is 0 Å². The van der Waals surface area contributed by atoms with Crippen LogP contribution in [0.25, 0.3) is 5.69 Å². The average Bonchev–Trinajstić information content (AvgIpc) is 2.99. The number of halogens is 1. The van der Waals surface area contributed by atoms with Gasteiger partial charge in [0.05, 0.1) is 30.1 Å². The maximum atomic E-state index is 12.9. The second kappa shape index (κ2) is 6.05. The fourth-order valence-electron chi connectivity index (χ4n) is 2.30. The topological polar surface area (TPSA) is 56.1 Å². The van der Waals surface area contributed by atoms with Crippen molar-refractivity contribution in [2.24, 2.45) is 0 Å². The van der Waals surface area contributed by atoms with E-state index in [1.807, 2.05) is 0 Å². The molecule has 2 aromatic rings. The number of nitrogens with zero attached hydrogens (tertiary/aromatic N) is 2. The molecule has 1 N–H and O–H groups in total. The molecule has 1 aliphatic rings. The van der Waals surface area contributed by atoms with Crippen LogP contribution in [0.2, 0.25) is 0 Å². The van der Waals surface area contributed by atoms with Gasteiger partial charge < -0.3 is 10.1 Å². The van der Waals surface area contributed by atoms with Crippen molar-refractivity contribution in [1.29, 1.82) is 0 Å². The normalized spacial score (nSPS) is 18.4. The molecule has 1 aliphatic heterocycles. The highest BCUT2D eigenvalue weighted by Crippen LogP contribution is 2.11. The van der Waals surface area contributed by atoms with Gasteiger partial charge in [0, 0.05) is 12.8 Å². The van der Waals surface area contributed by atoms with Crippen molar-refractivity contribution in [3.05, 3.63) is 48.0 Å². The molecule has 1 atom stereocenters. The molecular weight excluding hydrogens is 273 g/mol. The smallest absolute Gasteiger partial charge is 0.254 e. The third-order valence-corrected chi connectivity index (χ3v) is 3.43. The van der Waals surface area contributed by atoms with E-state index in [2.05, 4.69) is 10.4 Å². The summed E-state index contributed by atoms with van der Waals surface area (Å²) in [6.45, 7) is 1.31. The molecule has 0 spiro atoms. The highest BCUT2D eigenvalue weighted by molar-refractivity contribution is 5.94. The zero-order valence-corrected chi connectivity index (χ0v) is 11.5. The van der Waals surface area contributed by atoms with Crippen LogP contribution in [0, 0.1) is 5.82 Å². The molecule has 0 bridgehead atoms. The number of amides is 1. The lowest BCUT2D eigenvalue weighted by Gasteiger charge is -2.22. The molecule has 21 heavy (non-hydrogen) atoms. The summed E-state index contributed by atoms with van der Waals surface area (Å²) in [5, 5.41) is 7.06. The number of hydrogen-bond donors (Lipinski definition) is 1. The lowest BCUT2D eigenvalue weighted by atomic mass is 10.1. The van der Waals surface area contributed by atoms with E-state index in [9.17, 15) is 9.18 Å². The van der Waals surface area contributed by atoms with Gasteiger partial charge in [0.2, 0.25) is 0 Å². The molecule has 1 unspecified atom stereocenters. The summed E-state index contributed by atoms with van der Waals surface area (Å²) in [6.07, 6.45) is 5.02. The van der Waals surface area contributed by atoms with Crippen molar-refractivity contribution in [3.8, 4) is 5.69 Å². The Bertz CT molecular complexity index is 618. The lowest BCUT2D eigenvalue weighted by Crippen LogP contribution is -2.40. The Hall–Kier alpha value is -2.21. The van der Waals surface area contributed by atoms with E-state index >= 15 is 0 Å². The standard InChI is InChI=1S/C15H16FN3O2/c16-12-3-5-14(6-4-12)19-9-11(8-17-19)15(20)18-13-2-1-7-21-10-13/h3-6,8-9,13H,1-2,7,10H2,(H,18,20). The van der Waals surface area contributed by atoms with Gasteiger partial charge >= 0.3 is 0 Å². The fourth-order valence-corrected chi connectivity index (χ4v) is 2.30. The number of nitrogens with one attached hydrogen (secondary N) is 1. The van der Waals surface area contributed by atoms with Gasteiger partial charge in [-0.3, -0.25) is 4.79 Å². The molecule has 2 heterocycles. The summed E-state index contributed by atoms with van der Waals surface area (Å²) >= 11 is 0. The van der Waals surface area contributed by atoms with E-state index in [0.29, 0.717) is 17.9 Å². The summed E-state index contributed by atoms with van der Waals surface area (Å²) in [7, 11) is 0. The zero-order valence-electron chi connectivity index (χ0n) is 11.5. The van der Waals surface area contributed by atoms with Gasteiger partial charge in [0.15, 0.2) is 0 Å². The summed E-state index contributed by atoms with van der Waals surface area (Å²) < 4.78 is 19.8. The third kappa shape index (κ3) is 3.28. The van der Waals surface area contributed by atoms with Crippen LogP contribution in [0.4, 0.5) is 4.39 Å². The molecule has 1 saturated heterocycles. The summed E-state index contributed by atoms with van der Waals surface area (Å²) in [5.41, 5.74) is 1.18. The highest BCUT2D eigenvalue weighted by atomic mass is 19.1. The van der Waals surface area contributed by atoms with E-state index in [1.165, 1.54) is 18.3 Å². The van der Waals surface area contributed by atoms with Crippen molar-refractivity contribution in [2.45, 2.75) is 18.9 Å². The lowest BCUT2D eigenvalue weighted by molar-refractivity contribution is 0.0624. The first kappa shape index (κ1) is 13.8. The Morgan fingerprint density at radius 3 is 2.90 bits per heavy atom. The molecule has 1 aromatic heterocycles. The predicted octanol–water partition coefficient (Wildman–Crippen LogP) is 1.92. The van der Waals surface area contributed by atoms with Crippen LogP contribution < -0.4 is 5.32 Å². The van der Waals surface area contributed by atoms with Crippen LogP contribution in [-0.2, 0) is 4.74 Å². The zero-order chi connectivity index (χ0) is 14.7. The Morgan fingerprint density at radius 1 is 1.38 bits per heavy atom. The van der Waals surface area contributed by atoms with Crippen molar-refractivity contribution in [3.63, 3.8) is 0 Å². The quantitative estimate of drug-likeness (QED) is 0.939. The van der Waals surface area contributed by atoms with E-state index < -0.39 is 0 Å². The molecule has 0 saturated carbocycles. The van der Waals surface area contributed by atoms with E-state index in [0.717, 1.165) is 19.4 Å². The number of carbonyl (C=O) groups is 1. The van der Waals surface area contributed by atoms with Crippen molar-refractivity contribution < 1.29 is 13.9 Å². The van der Waals surface area contributed by atoms with Gasteiger partial charge in [-0.2, -0.15) is 5.10 Å². The first-order valence-electron chi connectivity index (χ1n) is 6.91. The maximum Gasteiger partial charge on any atom is 0.254 e. The second-order valence-electron chi connectivity index (χ2n) is 5.04. The molecular formula is C15H16FN3O2. The highest BCUT2D eigenvalue weighted by Gasteiger charge is 2.18. The van der Waals surface area contributed by atoms with Crippen LogP contribution in [0.15, 0.2) is 36.7 Å². The van der Waals surface area contributed by atoms with Gasteiger partial charge in [-0.1, -0.05) is 0 Å². The van der Waals surface area contributed by atoms with Gasteiger partial charge in [0.1, 0.15) is 5.82 Å². The Kier molecular flexibility index (Phi) is 3.96.